The van der Waals surface area contributed by atoms with E-state index < -0.39 is 0 Å². The number of halogens is 1. The number of hydrogen-bond donors (Lipinski definition) is 1. The largest absolute Gasteiger partial charge is 0.366 e. The van der Waals surface area contributed by atoms with Crippen LogP contribution < -0.4 is 10.6 Å². The lowest BCUT2D eigenvalue weighted by Gasteiger charge is -2.24. The summed E-state index contributed by atoms with van der Waals surface area (Å²) in [6.45, 7) is 1.88. The van der Waals surface area contributed by atoms with Crippen LogP contribution in [0.4, 0.5) is 10.1 Å². The quantitative estimate of drug-likeness (QED) is 0.878. The van der Waals surface area contributed by atoms with Crippen LogP contribution in [0, 0.1) is 5.82 Å². The number of pyridine rings is 1. The summed E-state index contributed by atoms with van der Waals surface area (Å²) in [5.41, 5.74) is 7.52. The summed E-state index contributed by atoms with van der Waals surface area (Å²) in [5.74, 6) is -0.235. The molecule has 1 heterocycles. The summed E-state index contributed by atoms with van der Waals surface area (Å²) in [6, 6.07) is 10.4. The highest BCUT2D eigenvalue weighted by Crippen LogP contribution is 2.17. The predicted octanol–water partition coefficient (Wildman–Crippen LogP) is 2.19. The summed E-state index contributed by atoms with van der Waals surface area (Å²) in [5, 5.41) is 0. The van der Waals surface area contributed by atoms with Crippen molar-refractivity contribution in [3.63, 3.8) is 0 Å². The van der Waals surface area contributed by atoms with Crippen LogP contribution in [0.1, 0.15) is 5.56 Å². The molecule has 0 unspecified atom stereocenters. The van der Waals surface area contributed by atoms with Crippen molar-refractivity contribution in [2.45, 2.75) is 6.54 Å². The van der Waals surface area contributed by atoms with Gasteiger partial charge in [0.2, 0.25) is 0 Å². The molecule has 0 saturated carbocycles. The van der Waals surface area contributed by atoms with Crippen LogP contribution in [0.15, 0.2) is 48.8 Å². The summed E-state index contributed by atoms with van der Waals surface area (Å²) in [7, 11) is 0. The van der Waals surface area contributed by atoms with E-state index in [1.807, 2.05) is 29.3 Å². The van der Waals surface area contributed by atoms with E-state index in [9.17, 15) is 4.39 Å². The molecule has 2 N–H and O–H groups in total. The van der Waals surface area contributed by atoms with E-state index in [-0.39, 0.29) is 5.82 Å². The molecule has 2 aromatic rings. The van der Waals surface area contributed by atoms with Crippen molar-refractivity contribution in [3.8, 4) is 0 Å². The molecule has 0 aliphatic rings. The van der Waals surface area contributed by atoms with E-state index in [4.69, 9.17) is 5.73 Å². The number of nitrogens with two attached hydrogens (primary N) is 1. The molecule has 1 aromatic heterocycles. The molecule has 2 rings (SSSR count). The predicted molar refractivity (Wildman–Crippen MR) is 70.7 cm³/mol. The fourth-order valence-electron chi connectivity index (χ4n) is 1.84. The molecule has 0 spiro atoms. The first-order valence-electron chi connectivity index (χ1n) is 5.89. The monoisotopic (exact) mass is 245 g/mol. The number of hydrogen-bond acceptors (Lipinski definition) is 3. The van der Waals surface area contributed by atoms with Crippen LogP contribution in [0.5, 0.6) is 0 Å². The van der Waals surface area contributed by atoms with Gasteiger partial charge < -0.3 is 10.6 Å². The molecule has 0 bridgehead atoms. The molecule has 0 amide bonds. The average Bonchev–Trinajstić information content (AvgIpc) is 2.39. The van der Waals surface area contributed by atoms with Crippen LogP contribution in [0.2, 0.25) is 0 Å². The maximum absolute atomic E-state index is 13.2. The molecule has 1 aromatic carbocycles. The van der Waals surface area contributed by atoms with Gasteiger partial charge in [0.1, 0.15) is 5.82 Å². The first-order chi connectivity index (χ1) is 8.79. The summed E-state index contributed by atoms with van der Waals surface area (Å²) < 4.78 is 13.2. The molecular weight excluding hydrogens is 229 g/mol. The van der Waals surface area contributed by atoms with Crippen molar-refractivity contribution in [1.29, 1.82) is 0 Å². The third kappa shape index (κ3) is 3.28. The number of anilines is 1. The molecule has 3 nitrogen and oxygen atoms in total. The van der Waals surface area contributed by atoms with Crippen molar-refractivity contribution < 1.29 is 4.39 Å². The molecule has 0 aliphatic carbocycles. The molecule has 94 valence electrons. The van der Waals surface area contributed by atoms with E-state index in [1.54, 1.807) is 12.3 Å². The fraction of sp³-hybridized carbons (Fsp3) is 0.214. The molecule has 0 atom stereocenters. The Kier molecular flexibility index (Phi) is 4.25. The number of nitrogens with zero attached hydrogens (tertiary/aromatic N) is 2. The van der Waals surface area contributed by atoms with Gasteiger partial charge in [0.15, 0.2) is 0 Å². The Labute approximate surface area is 106 Å². The summed E-state index contributed by atoms with van der Waals surface area (Å²) in [6.07, 6.45) is 3.54. The SMILES string of the molecule is NCCN(Cc1cccnc1)c1cccc(F)c1. The van der Waals surface area contributed by atoms with Gasteiger partial charge in [0, 0.05) is 37.7 Å². The smallest absolute Gasteiger partial charge is 0.125 e. The minimum atomic E-state index is -0.235. The van der Waals surface area contributed by atoms with Gasteiger partial charge in [-0.3, -0.25) is 4.98 Å². The molecule has 4 heteroatoms. The molecule has 0 fully saturated rings. The zero-order valence-corrected chi connectivity index (χ0v) is 10.1. The Morgan fingerprint density at radius 2 is 2.11 bits per heavy atom. The zero-order chi connectivity index (χ0) is 12.8. The molecule has 0 aliphatic heterocycles. The van der Waals surface area contributed by atoms with Crippen molar-refractivity contribution >= 4 is 5.69 Å². The van der Waals surface area contributed by atoms with Gasteiger partial charge in [-0.1, -0.05) is 12.1 Å². The number of benzene rings is 1. The van der Waals surface area contributed by atoms with Gasteiger partial charge in [-0.05, 0) is 29.8 Å². The van der Waals surface area contributed by atoms with Crippen LogP contribution in [0.25, 0.3) is 0 Å². The van der Waals surface area contributed by atoms with E-state index >= 15 is 0 Å². The van der Waals surface area contributed by atoms with E-state index in [2.05, 4.69) is 4.98 Å². The van der Waals surface area contributed by atoms with Crippen molar-refractivity contribution in [3.05, 3.63) is 60.2 Å². The second-order valence-electron chi connectivity index (χ2n) is 4.05. The first kappa shape index (κ1) is 12.5. The minimum absolute atomic E-state index is 0.235. The van der Waals surface area contributed by atoms with Gasteiger partial charge >= 0.3 is 0 Å². The Bertz CT molecular complexity index is 487. The Morgan fingerprint density at radius 1 is 1.22 bits per heavy atom. The first-order valence-corrected chi connectivity index (χ1v) is 5.89. The highest BCUT2D eigenvalue weighted by Gasteiger charge is 2.07. The zero-order valence-electron chi connectivity index (χ0n) is 10.1. The topological polar surface area (TPSA) is 42.1 Å². The second-order valence-corrected chi connectivity index (χ2v) is 4.05. The molecular formula is C14H16FN3. The lowest BCUT2D eigenvalue weighted by atomic mass is 10.2. The minimum Gasteiger partial charge on any atom is -0.366 e. The maximum atomic E-state index is 13.2. The van der Waals surface area contributed by atoms with Crippen molar-refractivity contribution in [2.24, 2.45) is 5.73 Å². The van der Waals surface area contributed by atoms with Gasteiger partial charge in [-0.2, -0.15) is 0 Å². The lowest BCUT2D eigenvalue weighted by molar-refractivity contribution is 0.626. The summed E-state index contributed by atoms with van der Waals surface area (Å²) in [4.78, 5) is 6.12. The van der Waals surface area contributed by atoms with Crippen LogP contribution in [-0.4, -0.2) is 18.1 Å². The molecule has 0 radical (unpaired) electrons. The fourth-order valence-corrected chi connectivity index (χ4v) is 1.84. The highest BCUT2D eigenvalue weighted by atomic mass is 19.1. The number of rotatable bonds is 5. The maximum Gasteiger partial charge on any atom is 0.125 e. The summed E-state index contributed by atoms with van der Waals surface area (Å²) >= 11 is 0. The number of aromatic nitrogens is 1. The Balaban J connectivity index is 2.18. The van der Waals surface area contributed by atoms with Gasteiger partial charge in [0.25, 0.3) is 0 Å². The molecule has 0 saturated heterocycles. The van der Waals surface area contributed by atoms with Gasteiger partial charge in [-0.15, -0.1) is 0 Å². The van der Waals surface area contributed by atoms with Crippen LogP contribution in [-0.2, 0) is 6.54 Å². The average molecular weight is 245 g/mol. The normalized spacial score (nSPS) is 10.3. The molecule has 18 heavy (non-hydrogen) atoms. The second kappa shape index (κ2) is 6.12. The highest BCUT2D eigenvalue weighted by molar-refractivity contribution is 5.47. The Hall–Kier alpha value is -1.94. The third-order valence-electron chi connectivity index (χ3n) is 2.67. The van der Waals surface area contributed by atoms with Crippen molar-refractivity contribution in [2.75, 3.05) is 18.0 Å². The van der Waals surface area contributed by atoms with Gasteiger partial charge in [0.05, 0.1) is 0 Å². The van der Waals surface area contributed by atoms with Gasteiger partial charge in [-0.25, -0.2) is 4.39 Å². The standard InChI is InChI=1S/C14H16FN3/c15-13-4-1-5-14(9-13)18(8-6-16)11-12-3-2-7-17-10-12/h1-5,7,9-10H,6,8,11,16H2. The van der Waals surface area contributed by atoms with Crippen LogP contribution >= 0.6 is 0 Å². The third-order valence-corrected chi connectivity index (χ3v) is 2.67. The van der Waals surface area contributed by atoms with E-state index in [0.29, 0.717) is 19.6 Å². The van der Waals surface area contributed by atoms with E-state index in [1.165, 1.54) is 12.1 Å². The van der Waals surface area contributed by atoms with Crippen LogP contribution in [0.3, 0.4) is 0 Å². The Morgan fingerprint density at radius 3 is 2.78 bits per heavy atom. The van der Waals surface area contributed by atoms with Crippen molar-refractivity contribution in [1.82, 2.24) is 4.98 Å². The van der Waals surface area contributed by atoms with E-state index in [0.717, 1.165) is 11.3 Å². The lowest BCUT2D eigenvalue weighted by Crippen LogP contribution is -2.29.